The maximum Gasteiger partial charge on any atom is 0.204 e. The highest BCUT2D eigenvalue weighted by Crippen LogP contribution is 2.49. The largest absolute Gasteiger partial charge is 0.497 e. The molecule has 0 bridgehead atoms. The van der Waals surface area contributed by atoms with E-state index in [-0.39, 0.29) is 26.4 Å². The zero-order chi connectivity index (χ0) is 44.7. The van der Waals surface area contributed by atoms with Crippen molar-refractivity contribution in [2.24, 2.45) is 0 Å². The van der Waals surface area contributed by atoms with Crippen LogP contribution in [0.4, 0.5) is 0 Å². The SMILES string of the molecule is CCOc1ccc(Cc2cc(-c3cc(COCc4ccc(OC)cc4)c(OCc4ccc(OC)cc4)c(OCc4ccc(OC)cc4)c3OCc3ccc(OC)cc3)ccc2Cl)cc1. The summed E-state index contributed by atoms with van der Waals surface area (Å²) in [5.74, 6) is 5.28. The molecule has 0 saturated heterocycles. The molecule has 64 heavy (non-hydrogen) atoms. The number of rotatable bonds is 22. The number of methoxy groups -OCH3 is 4. The Kier molecular flexibility index (Phi) is 15.9. The van der Waals surface area contributed by atoms with Crippen LogP contribution in [0.15, 0.2) is 146 Å². The molecule has 0 aliphatic rings. The van der Waals surface area contributed by atoms with Crippen LogP contribution in [0.5, 0.6) is 46.0 Å². The average molecular weight is 881 g/mol. The highest BCUT2D eigenvalue weighted by atomic mass is 35.5. The third-order valence-electron chi connectivity index (χ3n) is 10.6. The predicted molar refractivity (Wildman–Crippen MR) is 251 cm³/mol. The van der Waals surface area contributed by atoms with Gasteiger partial charge in [0.1, 0.15) is 48.6 Å². The second-order valence-corrected chi connectivity index (χ2v) is 15.3. The molecule has 0 N–H and O–H groups in total. The van der Waals surface area contributed by atoms with Crippen molar-refractivity contribution in [2.75, 3.05) is 35.0 Å². The van der Waals surface area contributed by atoms with Crippen LogP contribution in [0.3, 0.4) is 0 Å². The quantitative estimate of drug-likeness (QED) is 0.0661. The summed E-state index contributed by atoms with van der Waals surface area (Å²) in [5, 5.41) is 0.650. The Labute approximate surface area is 380 Å². The molecule has 0 amide bonds. The van der Waals surface area contributed by atoms with E-state index in [1.165, 1.54) is 0 Å². The van der Waals surface area contributed by atoms with Gasteiger partial charge < -0.3 is 42.6 Å². The fourth-order valence-corrected chi connectivity index (χ4v) is 7.22. The summed E-state index contributed by atoms with van der Waals surface area (Å²) in [6.07, 6.45) is 0.600. The number of hydrogen-bond donors (Lipinski definition) is 0. The fraction of sp³-hybridized carbons (Fsp3) is 0.222. The van der Waals surface area contributed by atoms with Gasteiger partial charge in [-0.25, -0.2) is 0 Å². The molecule has 0 saturated carbocycles. The van der Waals surface area contributed by atoms with Gasteiger partial charge >= 0.3 is 0 Å². The molecule has 0 atom stereocenters. The summed E-state index contributed by atoms with van der Waals surface area (Å²) in [7, 11) is 6.60. The Bertz CT molecular complexity index is 2540. The first kappa shape index (κ1) is 45.2. The molecule has 0 radical (unpaired) electrons. The average Bonchev–Trinajstić information content (AvgIpc) is 3.34. The van der Waals surface area contributed by atoms with E-state index in [0.29, 0.717) is 41.9 Å². The van der Waals surface area contributed by atoms with Gasteiger partial charge in [-0.15, -0.1) is 0 Å². The fourth-order valence-electron chi connectivity index (χ4n) is 7.03. The van der Waals surface area contributed by atoms with E-state index < -0.39 is 0 Å². The second kappa shape index (κ2) is 22.5. The van der Waals surface area contributed by atoms with Gasteiger partial charge in [0, 0.05) is 16.1 Å². The Hall–Kier alpha value is -6.81. The van der Waals surface area contributed by atoms with Crippen molar-refractivity contribution in [3.05, 3.63) is 190 Å². The Morgan fingerprint density at radius 3 is 1.27 bits per heavy atom. The van der Waals surface area contributed by atoms with Gasteiger partial charge in [0.15, 0.2) is 11.5 Å². The van der Waals surface area contributed by atoms with Gasteiger partial charge in [-0.1, -0.05) is 78.3 Å². The molecule has 7 rings (SSSR count). The van der Waals surface area contributed by atoms with E-state index in [2.05, 4.69) is 24.3 Å². The van der Waals surface area contributed by atoms with E-state index in [0.717, 1.165) is 78.8 Å². The van der Waals surface area contributed by atoms with Crippen molar-refractivity contribution in [3.63, 3.8) is 0 Å². The molecule has 0 fully saturated rings. The van der Waals surface area contributed by atoms with Crippen molar-refractivity contribution < 1.29 is 42.6 Å². The second-order valence-electron chi connectivity index (χ2n) is 14.9. The van der Waals surface area contributed by atoms with Gasteiger partial charge in [-0.3, -0.25) is 0 Å². The van der Waals surface area contributed by atoms with Gasteiger partial charge in [0.05, 0.1) is 48.3 Å². The van der Waals surface area contributed by atoms with Gasteiger partial charge in [0.25, 0.3) is 0 Å². The van der Waals surface area contributed by atoms with Crippen LogP contribution in [0.1, 0.15) is 45.9 Å². The first-order valence-electron chi connectivity index (χ1n) is 21.0. The Morgan fingerprint density at radius 1 is 0.375 bits per heavy atom. The maximum absolute atomic E-state index is 6.96. The Balaban J connectivity index is 1.36. The van der Waals surface area contributed by atoms with Crippen LogP contribution < -0.4 is 37.9 Å². The summed E-state index contributed by atoms with van der Waals surface area (Å²) < 4.78 is 54.6. The minimum Gasteiger partial charge on any atom is -0.497 e. The number of hydrogen-bond acceptors (Lipinski definition) is 9. The van der Waals surface area contributed by atoms with Crippen LogP contribution >= 0.6 is 11.6 Å². The van der Waals surface area contributed by atoms with Gasteiger partial charge in [-0.2, -0.15) is 0 Å². The van der Waals surface area contributed by atoms with Crippen molar-refractivity contribution in [2.45, 2.75) is 46.4 Å². The third-order valence-corrected chi connectivity index (χ3v) is 10.9. The zero-order valence-electron chi connectivity index (χ0n) is 36.9. The monoisotopic (exact) mass is 880 g/mol. The molecule has 0 aliphatic heterocycles. The molecule has 330 valence electrons. The summed E-state index contributed by atoms with van der Waals surface area (Å²) in [6.45, 7) is 3.79. The molecular weight excluding hydrogens is 828 g/mol. The molecule has 0 unspecified atom stereocenters. The first-order chi connectivity index (χ1) is 31.4. The van der Waals surface area contributed by atoms with E-state index >= 15 is 0 Å². The molecule has 9 nitrogen and oxygen atoms in total. The molecule has 7 aromatic rings. The molecule has 0 heterocycles. The lowest BCUT2D eigenvalue weighted by Gasteiger charge is -2.24. The lowest BCUT2D eigenvalue weighted by molar-refractivity contribution is 0.103. The predicted octanol–water partition coefficient (Wildman–Crippen LogP) is 12.5. The number of benzene rings is 7. The van der Waals surface area contributed by atoms with E-state index in [9.17, 15) is 0 Å². The van der Waals surface area contributed by atoms with Crippen LogP contribution in [0.2, 0.25) is 5.02 Å². The molecule has 0 aliphatic carbocycles. The summed E-state index contributed by atoms with van der Waals surface area (Å²) in [4.78, 5) is 0. The minimum absolute atomic E-state index is 0.196. The standard InChI is InChI=1S/C54H53ClO9/c1-6-61-49-26-7-37(8-27-49)29-43-30-42(17-28-51(43)55)50-31-44(36-60-32-38-9-18-45(56-2)19-10-38)52(62-33-39-11-20-46(57-3)21-12-39)54(64-35-41-15-24-48(59-5)25-16-41)53(50)63-34-40-13-22-47(58-4)23-14-40/h7-28,30-31H,6,29,32-36H2,1-5H3. The van der Waals surface area contributed by atoms with Gasteiger partial charge in [-0.05, 0) is 131 Å². The highest BCUT2D eigenvalue weighted by molar-refractivity contribution is 6.31. The summed E-state index contributed by atoms with van der Waals surface area (Å²) in [5.41, 5.74) is 8.26. The van der Waals surface area contributed by atoms with Crippen molar-refractivity contribution in [1.82, 2.24) is 0 Å². The van der Waals surface area contributed by atoms with E-state index in [1.807, 2.05) is 128 Å². The molecule has 7 aromatic carbocycles. The molecule has 10 heteroatoms. The minimum atomic E-state index is 0.196. The van der Waals surface area contributed by atoms with Gasteiger partial charge in [0.2, 0.25) is 5.75 Å². The number of ether oxygens (including phenoxy) is 9. The van der Waals surface area contributed by atoms with Crippen LogP contribution in [-0.2, 0) is 44.2 Å². The van der Waals surface area contributed by atoms with Crippen LogP contribution in [0.25, 0.3) is 11.1 Å². The maximum atomic E-state index is 6.96. The topological polar surface area (TPSA) is 83.1 Å². The third kappa shape index (κ3) is 12.0. The molecule has 0 aromatic heterocycles. The van der Waals surface area contributed by atoms with Crippen LogP contribution in [-0.4, -0.2) is 35.0 Å². The highest BCUT2D eigenvalue weighted by Gasteiger charge is 2.25. The first-order valence-corrected chi connectivity index (χ1v) is 21.4. The lowest BCUT2D eigenvalue weighted by Crippen LogP contribution is -2.08. The lowest BCUT2D eigenvalue weighted by atomic mass is 9.96. The van der Waals surface area contributed by atoms with E-state index in [4.69, 9.17) is 54.2 Å². The van der Waals surface area contributed by atoms with E-state index in [1.54, 1.807) is 28.4 Å². The zero-order valence-corrected chi connectivity index (χ0v) is 37.6. The normalized spacial score (nSPS) is 10.8. The summed E-state index contributed by atoms with van der Waals surface area (Å²) in [6, 6.07) is 47.4. The molecule has 0 spiro atoms. The van der Waals surface area contributed by atoms with Crippen molar-refractivity contribution >= 4 is 11.6 Å². The van der Waals surface area contributed by atoms with Crippen molar-refractivity contribution in [3.8, 4) is 57.1 Å². The summed E-state index contributed by atoms with van der Waals surface area (Å²) >= 11 is 6.96. The smallest absolute Gasteiger partial charge is 0.204 e. The molecular formula is C54H53ClO9. The van der Waals surface area contributed by atoms with Crippen LogP contribution in [0, 0.1) is 0 Å². The Morgan fingerprint density at radius 2 is 0.797 bits per heavy atom. The van der Waals surface area contributed by atoms with Crippen molar-refractivity contribution in [1.29, 1.82) is 0 Å². The number of halogens is 1.